The minimum absolute atomic E-state index is 0.0524. The van der Waals surface area contributed by atoms with Crippen molar-refractivity contribution in [2.24, 2.45) is 0 Å². The molecule has 2 aliphatic heterocycles. The predicted molar refractivity (Wildman–Crippen MR) is 506 cm³/mol. The van der Waals surface area contributed by atoms with Crippen LogP contribution in [0.2, 0.25) is 0 Å². The van der Waals surface area contributed by atoms with Crippen LogP contribution in [0.5, 0.6) is 0 Å². The predicted octanol–water partition coefficient (Wildman–Crippen LogP) is 27.2. The van der Waals surface area contributed by atoms with Crippen molar-refractivity contribution in [3.8, 4) is 72.4 Å². The van der Waals surface area contributed by atoms with E-state index in [2.05, 4.69) is 374 Å². The number of hydrogen-bond acceptors (Lipinski definition) is 2. The first-order chi connectivity index (χ1) is 62.9. The van der Waals surface area contributed by atoms with E-state index in [9.17, 15) is 8.22 Å². The average molecular weight is 1550 g/mol. The third-order valence-corrected chi connectivity index (χ3v) is 26.5. The van der Waals surface area contributed by atoms with Gasteiger partial charge < -0.3 is 14.4 Å². The minimum atomic E-state index is -0.519. The van der Waals surface area contributed by atoms with Gasteiger partial charge in [-0.15, -0.1) is 0 Å². The fourth-order valence-electron chi connectivity index (χ4n) is 21.2. The Morgan fingerprint density at radius 1 is 0.258 bits per heavy atom. The molecule has 574 valence electrons. The molecule has 0 fully saturated rings. The summed E-state index contributed by atoms with van der Waals surface area (Å²) in [6.45, 7) is 0.970. The number of fused-ring (bicyclic) bond motifs is 13. The summed E-state index contributed by atoms with van der Waals surface area (Å²) >= 11 is 0. The lowest BCUT2D eigenvalue weighted by Gasteiger charge is -2.45. The molecule has 17 aromatic carbocycles. The standard InChI is InChI=1S/C116H92BN3/c1(11-43-83-45-25-27-55-94(83)87-65-69-98-96-57-29-33-61-102(96)115(104(98)75-87,89-47-17-7-18-48-89)90-49-19-8-20-50-90)3-37-73-118-110-71-67-85(81-39-13-5-14-40-81)77-106(110)117-107-78-86(82-41-15-6-16-42-82)68-72-111(107)119(113-80-93(79-112(118)114(113)117)120-108-63-35-31-59-100(108)101-60-32-36-64-109(101)120)74-38-4-2-12-44-84-46-26-28-56-95(84)88-66-70-99-97-58-30-34-62-103(97)116(105(99)76-88,91-51-21-9-22-52-91)92-53-23-10-24-54-92/h5-10,13-36,39-42,45-72,75-80H,1-4,11-12,37-38,43-44,73-74H2/i31D,32D,35D,36D,59D,60D,63D,64D. The van der Waals surface area contributed by atoms with Crippen molar-refractivity contribution < 1.29 is 11.0 Å². The molecule has 2 aliphatic carbocycles. The van der Waals surface area contributed by atoms with Gasteiger partial charge in [0.25, 0.3) is 6.71 Å². The first-order valence-corrected chi connectivity index (χ1v) is 42.9. The highest BCUT2D eigenvalue weighted by atomic mass is 15.2. The molecule has 0 N–H and O–H groups in total. The molecule has 0 bridgehead atoms. The molecular formula is C116H92BN3. The van der Waals surface area contributed by atoms with Crippen LogP contribution in [-0.4, -0.2) is 24.4 Å². The smallest absolute Gasteiger partial charge is 0.252 e. The Balaban J connectivity index is 0.625. The average Bonchev–Trinajstić information content (AvgIpc) is 1.51. The van der Waals surface area contributed by atoms with Crippen LogP contribution in [0.3, 0.4) is 0 Å². The van der Waals surface area contributed by atoms with Crippen molar-refractivity contribution in [1.82, 2.24) is 4.57 Å². The van der Waals surface area contributed by atoms with Crippen LogP contribution >= 0.6 is 0 Å². The number of rotatable bonds is 23. The number of benzene rings is 17. The number of anilines is 4. The van der Waals surface area contributed by atoms with Gasteiger partial charge in [-0.1, -0.05) is 390 Å². The van der Waals surface area contributed by atoms with Crippen molar-refractivity contribution in [3.63, 3.8) is 0 Å². The number of hydrogen-bond donors (Lipinski definition) is 0. The molecule has 4 heteroatoms. The Hall–Kier alpha value is -13.8. The van der Waals surface area contributed by atoms with E-state index in [4.69, 9.17) is 2.74 Å². The van der Waals surface area contributed by atoms with Gasteiger partial charge in [-0.25, -0.2) is 0 Å². The maximum absolute atomic E-state index is 9.89. The normalized spacial score (nSPS) is 14.4. The van der Waals surface area contributed by atoms with Crippen LogP contribution in [0.15, 0.2) is 412 Å². The van der Waals surface area contributed by atoms with Gasteiger partial charge in [0.1, 0.15) is 0 Å². The van der Waals surface area contributed by atoms with Crippen LogP contribution in [0.25, 0.3) is 94.3 Å². The molecule has 0 spiro atoms. The molecule has 0 atom stereocenters. The van der Waals surface area contributed by atoms with Gasteiger partial charge >= 0.3 is 0 Å². The third-order valence-electron chi connectivity index (χ3n) is 26.5. The molecule has 0 saturated heterocycles. The first kappa shape index (κ1) is 64.3. The van der Waals surface area contributed by atoms with Crippen LogP contribution in [0.1, 0.15) is 118 Å². The SMILES string of the molecule is [2H]c1c([2H])c([2H])c2c(c1[2H])c1c([2H])c([2H])c([2H])c([2H])c1n2-c1cc2c3c(c1)N(CCCCCCc1ccccc1-c1ccc4c(c1)C(c1ccccc1)(c1ccccc1)c1ccccc1-4)c1ccc(-c4ccccc4)cc1B3c1cc(-c3ccccc3)ccc1N2CCCCCCc1ccccc1-c1ccc2c(c1)C(c1ccccc1)(c1ccccc1)c1ccccc1-2. The molecular weight excluding hydrogens is 1450 g/mol. The topological polar surface area (TPSA) is 11.4 Å². The van der Waals surface area contributed by atoms with E-state index in [1.54, 1.807) is 4.57 Å². The summed E-state index contributed by atoms with van der Waals surface area (Å²) in [4.78, 5) is 5.00. The second-order valence-corrected chi connectivity index (χ2v) is 32.9. The number of para-hydroxylation sites is 2. The van der Waals surface area contributed by atoms with Gasteiger partial charge in [0.15, 0.2) is 0 Å². The number of aromatic nitrogens is 1. The van der Waals surface area contributed by atoms with Crippen molar-refractivity contribution in [2.45, 2.75) is 75.0 Å². The molecule has 0 unspecified atom stereocenters. The summed E-state index contributed by atoms with van der Waals surface area (Å²) in [6.07, 6.45) is 9.23. The summed E-state index contributed by atoms with van der Waals surface area (Å²) in [6, 6.07) is 131. The second-order valence-electron chi connectivity index (χ2n) is 32.9. The Morgan fingerprint density at radius 2 is 0.600 bits per heavy atom. The Bertz CT molecular complexity index is 6880. The minimum Gasteiger partial charge on any atom is -0.342 e. The lowest BCUT2D eigenvalue weighted by molar-refractivity contribution is 0.641. The maximum atomic E-state index is 9.89. The lowest BCUT2D eigenvalue weighted by Crippen LogP contribution is -2.62. The molecule has 0 radical (unpaired) electrons. The molecule has 18 aromatic rings. The van der Waals surface area contributed by atoms with Gasteiger partial charge in [-0.3, -0.25) is 0 Å². The van der Waals surface area contributed by atoms with E-state index in [1.165, 1.54) is 111 Å². The van der Waals surface area contributed by atoms with Crippen molar-refractivity contribution in [1.29, 1.82) is 0 Å². The summed E-state index contributed by atoms with van der Waals surface area (Å²) in [5, 5.41) is 0.105. The zero-order valence-electron chi connectivity index (χ0n) is 75.0. The summed E-state index contributed by atoms with van der Waals surface area (Å²) < 4.78 is 77.6. The van der Waals surface area contributed by atoms with Crippen molar-refractivity contribution in [3.05, 3.63) is 468 Å². The fraction of sp³-hybridized carbons (Fsp3) is 0.121. The van der Waals surface area contributed by atoms with Gasteiger partial charge in [0, 0.05) is 46.6 Å². The number of aryl methyl sites for hydroxylation is 2. The lowest BCUT2D eigenvalue weighted by atomic mass is 9.33. The second kappa shape index (κ2) is 30.9. The van der Waals surface area contributed by atoms with E-state index >= 15 is 0 Å². The summed E-state index contributed by atoms with van der Waals surface area (Å²) in [5.74, 6) is 0. The van der Waals surface area contributed by atoms with Crippen molar-refractivity contribution in [2.75, 3.05) is 22.9 Å². The van der Waals surface area contributed by atoms with E-state index in [-0.39, 0.29) is 52.7 Å². The van der Waals surface area contributed by atoms with E-state index in [1.807, 2.05) is 0 Å². The van der Waals surface area contributed by atoms with E-state index in [0.29, 0.717) is 18.8 Å². The van der Waals surface area contributed by atoms with E-state index < -0.39 is 35.0 Å². The Kier molecular flexibility index (Phi) is 16.6. The summed E-state index contributed by atoms with van der Waals surface area (Å²) in [5.41, 5.74) is 34.3. The largest absolute Gasteiger partial charge is 0.342 e. The Labute approximate surface area is 717 Å². The zero-order valence-corrected chi connectivity index (χ0v) is 67.0. The van der Waals surface area contributed by atoms with Gasteiger partial charge in [0.2, 0.25) is 0 Å². The van der Waals surface area contributed by atoms with Crippen molar-refractivity contribution >= 4 is 67.7 Å². The first-order valence-electron chi connectivity index (χ1n) is 46.9. The molecule has 0 amide bonds. The van der Waals surface area contributed by atoms with Crippen LogP contribution in [0, 0.1) is 0 Å². The molecule has 1 aromatic heterocycles. The molecule has 120 heavy (non-hydrogen) atoms. The monoisotopic (exact) mass is 1550 g/mol. The van der Waals surface area contributed by atoms with Gasteiger partial charge in [0.05, 0.1) is 38.5 Å². The maximum Gasteiger partial charge on any atom is 0.252 e. The fourth-order valence-corrected chi connectivity index (χ4v) is 21.2. The zero-order chi connectivity index (χ0) is 86.5. The third kappa shape index (κ3) is 12.2. The molecule has 22 rings (SSSR count). The number of unbranched alkanes of at least 4 members (excludes halogenated alkanes) is 6. The molecule has 3 nitrogen and oxygen atoms in total. The highest BCUT2D eigenvalue weighted by Crippen LogP contribution is 2.59. The van der Waals surface area contributed by atoms with Crippen LogP contribution in [-0.2, 0) is 23.7 Å². The molecule has 3 heterocycles. The van der Waals surface area contributed by atoms with Gasteiger partial charge in [-0.2, -0.15) is 0 Å². The molecule has 4 aliphatic rings. The number of nitrogens with zero attached hydrogens (tertiary/aromatic N) is 3. The summed E-state index contributed by atoms with van der Waals surface area (Å²) in [7, 11) is 0. The highest BCUT2D eigenvalue weighted by molar-refractivity contribution is 7.00. The van der Waals surface area contributed by atoms with Crippen LogP contribution < -0.4 is 26.2 Å². The van der Waals surface area contributed by atoms with E-state index in [0.717, 1.165) is 115 Å². The Morgan fingerprint density at radius 3 is 1.02 bits per heavy atom. The van der Waals surface area contributed by atoms with Gasteiger partial charge in [-0.05, 0) is 226 Å². The quantitative estimate of drug-likeness (QED) is 0.0467. The van der Waals surface area contributed by atoms with Crippen LogP contribution in [0.4, 0.5) is 22.7 Å². The molecule has 0 saturated carbocycles. The highest BCUT2D eigenvalue weighted by Gasteiger charge is 2.49.